The van der Waals surface area contributed by atoms with Gasteiger partial charge in [-0.15, -0.1) is 13.2 Å². The van der Waals surface area contributed by atoms with Crippen LogP contribution in [0.1, 0.15) is 13.8 Å². The summed E-state index contributed by atoms with van der Waals surface area (Å²) in [5.41, 5.74) is 1.51. The molecule has 3 aromatic rings. The van der Waals surface area contributed by atoms with Crippen LogP contribution in [0.5, 0.6) is 5.75 Å². The van der Waals surface area contributed by atoms with E-state index in [1.165, 1.54) is 18.2 Å². The fraction of sp³-hybridized carbons (Fsp3) is 0.200. The molecule has 2 N–H and O–H groups in total. The Hall–Kier alpha value is -2.27. The van der Waals surface area contributed by atoms with E-state index in [4.69, 9.17) is 11.6 Å². The van der Waals surface area contributed by atoms with E-state index in [0.717, 1.165) is 3.57 Å². The van der Waals surface area contributed by atoms with Crippen molar-refractivity contribution in [3.63, 3.8) is 0 Å². The summed E-state index contributed by atoms with van der Waals surface area (Å²) in [5, 5.41) is 6.76. The first-order valence-corrected chi connectivity index (χ1v) is 10.3. The van der Waals surface area contributed by atoms with Crippen LogP contribution in [0, 0.1) is 3.57 Å². The van der Waals surface area contributed by atoms with Crippen LogP contribution in [0.2, 0.25) is 5.02 Å². The summed E-state index contributed by atoms with van der Waals surface area (Å²) < 4.78 is 42.7. The van der Waals surface area contributed by atoms with Crippen LogP contribution in [0.15, 0.2) is 48.5 Å². The second-order valence-corrected chi connectivity index (χ2v) is 8.24. The number of alkyl halides is 3. The van der Waals surface area contributed by atoms with Gasteiger partial charge in [0.05, 0.1) is 16.4 Å². The van der Waals surface area contributed by atoms with E-state index in [1.807, 2.05) is 26.0 Å². The minimum Gasteiger partial charge on any atom is -0.406 e. The molecule has 0 aliphatic heterocycles. The van der Waals surface area contributed by atoms with Crippen LogP contribution in [0.25, 0.3) is 11.3 Å². The summed E-state index contributed by atoms with van der Waals surface area (Å²) in [6.07, 6.45) is -4.77. The lowest BCUT2D eigenvalue weighted by Gasteiger charge is -2.14. The summed E-state index contributed by atoms with van der Waals surface area (Å²) >= 11 is 8.45. The predicted octanol–water partition coefficient (Wildman–Crippen LogP) is 6.86. The van der Waals surface area contributed by atoms with Crippen molar-refractivity contribution in [2.24, 2.45) is 0 Å². The first-order chi connectivity index (χ1) is 14.1. The fourth-order valence-electron chi connectivity index (χ4n) is 2.56. The SMILES string of the molecule is CC(C)Nc1nc(Nc2ccc(I)cc2Cl)cc(-c2cccc(OC(F)(F)F)c2)n1. The van der Waals surface area contributed by atoms with Gasteiger partial charge in [0.25, 0.3) is 0 Å². The van der Waals surface area contributed by atoms with Crippen LogP contribution < -0.4 is 15.4 Å². The number of hydrogen-bond acceptors (Lipinski definition) is 5. The highest BCUT2D eigenvalue weighted by Crippen LogP contribution is 2.31. The van der Waals surface area contributed by atoms with Gasteiger partial charge in [0.1, 0.15) is 11.6 Å². The van der Waals surface area contributed by atoms with Gasteiger partial charge in [-0.2, -0.15) is 4.98 Å². The summed E-state index contributed by atoms with van der Waals surface area (Å²) in [6.45, 7) is 3.86. The largest absolute Gasteiger partial charge is 0.573 e. The third-order valence-electron chi connectivity index (χ3n) is 3.70. The van der Waals surface area contributed by atoms with Gasteiger partial charge in [-0.25, -0.2) is 4.98 Å². The van der Waals surface area contributed by atoms with E-state index in [0.29, 0.717) is 33.7 Å². The number of benzene rings is 2. The van der Waals surface area contributed by atoms with E-state index < -0.39 is 6.36 Å². The third kappa shape index (κ3) is 6.36. The lowest BCUT2D eigenvalue weighted by molar-refractivity contribution is -0.274. The Morgan fingerprint density at radius 3 is 2.50 bits per heavy atom. The number of aromatic nitrogens is 2. The van der Waals surface area contributed by atoms with Gasteiger partial charge in [0, 0.05) is 21.2 Å². The third-order valence-corrected chi connectivity index (χ3v) is 4.68. The van der Waals surface area contributed by atoms with Gasteiger partial charge in [0.2, 0.25) is 5.95 Å². The fourth-order valence-corrected chi connectivity index (χ4v) is 3.47. The molecule has 5 nitrogen and oxygen atoms in total. The number of ether oxygens (including phenoxy) is 1. The first-order valence-electron chi connectivity index (χ1n) is 8.83. The van der Waals surface area contributed by atoms with Gasteiger partial charge < -0.3 is 15.4 Å². The van der Waals surface area contributed by atoms with Crippen LogP contribution >= 0.6 is 34.2 Å². The topological polar surface area (TPSA) is 59.1 Å². The molecule has 0 radical (unpaired) electrons. The van der Waals surface area contributed by atoms with Gasteiger partial charge in [-0.05, 0) is 66.8 Å². The number of halogens is 5. The molecule has 1 aromatic heterocycles. The summed E-state index contributed by atoms with van der Waals surface area (Å²) in [4.78, 5) is 8.86. The molecule has 0 amide bonds. The minimum absolute atomic E-state index is 0.0508. The van der Waals surface area contributed by atoms with Crippen molar-refractivity contribution >= 4 is 51.6 Å². The standard InChI is InChI=1S/C20H17ClF3IN4O/c1-11(2)26-19-28-17(12-4-3-5-14(8-12)30-20(22,23)24)10-18(29-19)27-16-7-6-13(25)9-15(16)21/h3-11H,1-2H3,(H2,26,27,28,29). The normalized spacial score (nSPS) is 11.5. The molecular weight excluding hydrogens is 532 g/mol. The quantitative estimate of drug-likeness (QED) is 0.330. The van der Waals surface area contributed by atoms with Crippen molar-refractivity contribution in [1.29, 1.82) is 0 Å². The Morgan fingerprint density at radius 1 is 1.07 bits per heavy atom. The second-order valence-electron chi connectivity index (χ2n) is 6.59. The van der Waals surface area contributed by atoms with Crippen molar-refractivity contribution < 1.29 is 17.9 Å². The Labute approximate surface area is 190 Å². The van der Waals surface area contributed by atoms with Crippen LogP contribution in [-0.2, 0) is 0 Å². The minimum atomic E-state index is -4.77. The molecule has 1 heterocycles. The van der Waals surface area contributed by atoms with E-state index >= 15 is 0 Å². The van der Waals surface area contributed by atoms with Crippen molar-refractivity contribution in [2.45, 2.75) is 26.3 Å². The predicted molar refractivity (Wildman–Crippen MR) is 120 cm³/mol. The van der Waals surface area contributed by atoms with Gasteiger partial charge in [-0.1, -0.05) is 23.7 Å². The molecule has 0 unspecified atom stereocenters. The monoisotopic (exact) mass is 548 g/mol. The number of nitrogens with one attached hydrogen (secondary N) is 2. The molecule has 0 saturated carbocycles. The summed E-state index contributed by atoms with van der Waals surface area (Å²) in [6, 6.07) is 12.8. The molecule has 3 rings (SSSR count). The summed E-state index contributed by atoms with van der Waals surface area (Å²) in [7, 11) is 0. The summed E-state index contributed by atoms with van der Waals surface area (Å²) in [5.74, 6) is 0.439. The average Bonchev–Trinajstić information content (AvgIpc) is 2.62. The molecule has 0 atom stereocenters. The lowest BCUT2D eigenvalue weighted by atomic mass is 10.1. The van der Waals surface area contributed by atoms with Crippen molar-refractivity contribution in [3.05, 3.63) is 57.1 Å². The van der Waals surface area contributed by atoms with Crippen molar-refractivity contribution in [2.75, 3.05) is 10.6 Å². The highest BCUT2D eigenvalue weighted by molar-refractivity contribution is 14.1. The Kier molecular flexibility index (Phi) is 6.91. The van der Waals surface area contributed by atoms with E-state index in [9.17, 15) is 13.2 Å². The number of nitrogens with zero attached hydrogens (tertiary/aromatic N) is 2. The Morgan fingerprint density at radius 2 is 1.83 bits per heavy atom. The molecule has 158 valence electrons. The zero-order valence-electron chi connectivity index (χ0n) is 15.9. The van der Waals surface area contributed by atoms with E-state index in [1.54, 1.807) is 18.2 Å². The van der Waals surface area contributed by atoms with Gasteiger partial charge >= 0.3 is 6.36 Å². The highest BCUT2D eigenvalue weighted by atomic mass is 127. The van der Waals surface area contributed by atoms with Gasteiger partial charge in [-0.3, -0.25) is 0 Å². The van der Waals surface area contributed by atoms with Crippen LogP contribution in [0.4, 0.5) is 30.6 Å². The molecule has 0 saturated heterocycles. The Bertz CT molecular complexity index is 1050. The molecule has 2 aromatic carbocycles. The number of anilines is 3. The van der Waals surface area contributed by atoms with Crippen molar-refractivity contribution in [1.82, 2.24) is 9.97 Å². The average molecular weight is 549 g/mol. The van der Waals surface area contributed by atoms with Crippen LogP contribution in [-0.4, -0.2) is 22.4 Å². The molecule has 30 heavy (non-hydrogen) atoms. The maximum atomic E-state index is 12.6. The molecular formula is C20H17ClF3IN4O. The maximum Gasteiger partial charge on any atom is 0.573 e. The van der Waals surface area contributed by atoms with Gasteiger partial charge in [0.15, 0.2) is 0 Å². The highest BCUT2D eigenvalue weighted by Gasteiger charge is 2.31. The molecule has 10 heteroatoms. The molecule has 0 fully saturated rings. The second kappa shape index (κ2) is 9.25. The zero-order valence-corrected chi connectivity index (χ0v) is 18.8. The number of rotatable bonds is 6. The zero-order chi connectivity index (χ0) is 21.9. The molecule has 0 spiro atoms. The first kappa shape index (κ1) is 22.4. The maximum absolute atomic E-state index is 12.6. The van der Waals surface area contributed by atoms with E-state index in [2.05, 4.69) is 47.9 Å². The van der Waals surface area contributed by atoms with E-state index in [-0.39, 0.29) is 11.8 Å². The number of hydrogen-bond donors (Lipinski definition) is 2. The lowest BCUT2D eigenvalue weighted by Crippen LogP contribution is -2.17. The Balaban J connectivity index is 2.00. The smallest absolute Gasteiger partial charge is 0.406 e. The molecule has 0 aliphatic rings. The van der Waals surface area contributed by atoms with Crippen molar-refractivity contribution in [3.8, 4) is 17.0 Å². The van der Waals surface area contributed by atoms with Crippen LogP contribution in [0.3, 0.4) is 0 Å². The molecule has 0 aliphatic carbocycles. The molecule has 0 bridgehead atoms.